The minimum atomic E-state index is -0.662. The fourth-order valence-electron chi connectivity index (χ4n) is 3.80. The number of nitrogens with zero attached hydrogens (tertiary/aromatic N) is 2. The lowest BCUT2D eigenvalue weighted by Crippen LogP contribution is -2.48. The summed E-state index contributed by atoms with van der Waals surface area (Å²) in [6.45, 7) is 3.71. The van der Waals surface area contributed by atoms with Crippen molar-refractivity contribution in [1.82, 2.24) is 25.6 Å². The molecule has 0 saturated carbocycles. The van der Waals surface area contributed by atoms with E-state index in [0.29, 0.717) is 16.8 Å². The Balaban J connectivity index is 1.39. The summed E-state index contributed by atoms with van der Waals surface area (Å²) in [5.41, 5.74) is 3.59. The molecule has 1 aliphatic rings. The van der Waals surface area contributed by atoms with E-state index in [1.54, 1.807) is 0 Å². The highest BCUT2D eigenvalue weighted by Crippen LogP contribution is 2.24. The van der Waals surface area contributed by atoms with Crippen molar-refractivity contribution in [1.29, 1.82) is 0 Å². The van der Waals surface area contributed by atoms with Crippen molar-refractivity contribution < 1.29 is 14.0 Å². The van der Waals surface area contributed by atoms with Crippen LogP contribution in [0.4, 0.5) is 0 Å². The number of aromatic amines is 1. The molecule has 0 bridgehead atoms. The second-order valence-corrected chi connectivity index (χ2v) is 9.45. The summed E-state index contributed by atoms with van der Waals surface area (Å²) in [6.07, 6.45) is 3.94. The number of nitrogens with one attached hydrogen (secondary N) is 3. The van der Waals surface area contributed by atoms with Gasteiger partial charge in [-0.15, -0.1) is 0 Å². The molecular weight excluding hydrogens is 454 g/mol. The smallest absolute Gasteiger partial charge is 0.273 e. The monoisotopic (exact) mass is 481 g/mol. The molecule has 1 aliphatic carbocycles. The third-order valence-corrected chi connectivity index (χ3v) is 6.66. The Morgan fingerprint density at radius 1 is 1.18 bits per heavy atom. The molecule has 1 atom stereocenters. The van der Waals surface area contributed by atoms with Crippen molar-refractivity contribution in [2.24, 2.45) is 5.92 Å². The number of fused-ring (bicyclic) bond motifs is 1. The molecule has 178 valence electrons. The molecule has 10 heteroatoms. The van der Waals surface area contributed by atoms with Crippen molar-refractivity contribution in [2.75, 3.05) is 7.05 Å². The summed E-state index contributed by atoms with van der Waals surface area (Å²) in [6, 6.07) is 6.95. The van der Waals surface area contributed by atoms with Gasteiger partial charge in [0, 0.05) is 23.9 Å². The molecular formula is C24H27N5O4S. The van der Waals surface area contributed by atoms with E-state index in [4.69, 9.17) is 4.42 Å². The van der Waals surface area contributed by atoms with Crippen LogP contribution in [0.2, 0.25) is 0 Å². The topological polar surface area (TPSA) is 130 Å². The average molecular weight is 482 g/mol. The summed E-state index contributed by atoms with van der Waals surface area (Å²) in [5.74, 6) is 0.151. The van der Waals surface area contributed by atoms with Gasteiger partial charge in [0.2, 0.25) is 11.8 Å². The maximum atomic E-state index is 12.5. The lowest BCUT2D eigenvalue weighted by Gasteiger charge is -2.19. The van der Waals surface area contributed by atoms with Gasteiger partial charge in [-0.1, -0.05) is 37.7 Å². The maximum absolute atomic E-state index is 12.5. The molecule has 2 heterocycles. The number of H-pyrrole nitrogens is 1. The van der Waals surface area contributed by atoms with Gasteiger partial charge in [-0.25, -0.2) is 9.97 Å². The van der Waals surface area contributed by atoms with Gasteiger partial charge in [-0.2, -0.15) is 0 Å². The number of benzene rings is 1. The van der Waals surface area contributed by atoms with Gasteiger partial charge >= 0.3 is 0 Å². The highest BCUT2D eigenvalue weighted by atomic mass is 32.2. The summed E-state index contributed by atoms with van der Waals surface area (Å²) < 4.78 is 5.50. The first kappa shape index (κ1) is 23.7. The Morgan fingerprint density at radius 2 is 1.94 bits per heavy atom. The second kappa shape index (κ2) is 10.3. The van der Waals surface area contributed by atoms with Gasteiger partial charge in [-0.05, 0) is 42.9 Å². The predicted molar refractivity (Wildman–Crippen MR) is 129 cm³/mol. The lowest BCUT2D eigenvalue weighted by atomic mass is 10.0. The molecule has 2 aromatic heterocycles. The van der Waals surface area contributed by atoms with E-state index in [1.165, 1.54) is 25.1 Å². The van der Waals surface area contributed by atoms with E-state index in [2.05, 4.69) is 25.6 Å². The molecule has 0 aliphatic heterocycles. The van der Waals surface area contributed by atoms with Gasteiger partial charge < -0.3 is 20.0 Å². The van der Waals surface area contributed by atoms with Gasteiger partial charge in [0.05, 0.1) is 5.69 Å². The predicted octanol–water partition coefficient (Wildman–Crippen LogP) is 2.71. The van der Waals surface area contributed by atoms with Crippen LogP contribution in [0.3, 0.4) is 0 Å². The van der Waals surface area contributed by atoms with Crippen molar-refractivity contribution in [2.45, 2.75) is 50.1 Å². The quantitative estimate of drug-likeness (QED) is 0.333. The molecule has 3 N–H and O–H groups in total. The van der Waals surface area contributed by atoms with Crippen LogP contribution in [0.25, 0.3) is 11.5 Å². The normalized spacial score (nSPS) is 13.5. The van der Waals surface area contributed by atoms with E-state index in [0.717, 1.165) is 41.6 Å². The molecule has 0 saturated heterocycles. The van der Waals surface area contributed by atoms with Crippen LogP contribution in [0.5, 0.6) is 0 Å². The number of aryl methyl sites for hydroxylation is 1. The fourth-order valence-corrected chi connectivity index (χ4v) is 4.63. The molecule has 0 spiro atoms. The first-order chi connectivity index (χ1) is 16.4. The number of thioether (sulfide) groups is 1. The van der Waals surface area contributed by atoms with Crippen molar-refractivity contribution in [3.63, 3.8) is 0 Å². The lowest BCUT2D eigenvalue weighted by molar-refractivity contribution is -0.123. The summed E-state index contributed by atoms with van der Waals surface area (Å²) in [7, 11) is 1.53. The largest absolute Gasteiger partial charge is 0.444 e. The number of carbonyl (C=O) groups excluding carboxylic acids is 2. The Kier molecular flexibility index (Phi) is 7.16. The number of likely N-dealkylation sites (N-methyl/N-ethyl adjacent to an activating group) is 1. The maximum Gasteiger partial charge on any atom is 0.273 e. The zero-order valence-corrected chi connectivity index (χ0v) is 20.1. The molecule has 0 radical (unpaired) electrons. The van der Waals surface area contributed by atoms with E-state index < -0.39 is 11.9 Å². The molecule has 34 heavy (non-hydrogen) atoms. The van der Waals surface area contributed by atoms with Crippen LogP contribution < -0.4 is 16.2 Å². The third-order valence-electron chi connectivity index (χ3n) is 5.72. The number of hydrogen-bond acceptors (Lipinski definition) is 7. The SMILES string of the molecule is CNC(=O)[C@@H](NC(=O)c1coc(-c2ccc(CSc3nc4c(c(=O)[nH]3)CCC4)cc2)n1)C(C)C. The minimum Gasteiger partial charge on any atom is -0.444 e. The third kappa shape index (κ3) is 5.22. The number of aromatic nitrogens is 3. The van der Waals surface area contributed by atoms with Gasteiger partial charge in [0.25, 0.3) is 11.5 Å². The standard InChI is InChI=1S/C24H27N5O4S/c1-13(2)19(22(32)25-3)28-21(31)18-11-33-23(26-18)15-9-7-14(8-10-15)12-34-24-27-17-6-4-5-16(17)20(30)29-24/h7-11,13,19H,4-6,12H2,1-3H3,(H,25,32)(H,28,31)(H,27,29,30)/t19-/m0/s1. The highest BCUT2D eigenvalue weighted by Gasteiger charge is 2.25. The van der Waals surface area contributed by atoms with E-state index in [9.17, 15) is 14.4 Å². The summed E-state index contributed by atoms with van der Waals surface area (Å²) in [5, 5.41) is 5.89. The van der Waals surface area contributed by atoms with Crippen LogP contribution in [0.1, 0.15) is 47.6 Å². The second-order valence-electron chi connectivity index (χ2n) is 8.48. The molecule has 9 nitrogen and oxygen atoms in total. The minimum absolute atomic E-state index is 0.0286. The Morgan fingerprint density at radius 3 is 2.65 bits per heavy atom. The summed E-state index contributed by atoms with van der Waals surface area (Å²) >= 11 is 1.48. The zero-order chi connectivity index (χ0) is 24.2. The number of oxazole rings is 1. The van der Waals surface area contributed by atoms with Gasteiger partial charge in [0.15, 0.2) is 10.9 Å². The van der Waals surface area contributed by atoms with Crippen LogP contribution >= 0.6 is 11.8 Å². The van der Waals surface area contributed by atoms with Crippen LogP contribution in [0, 0.1) is 5.92 Å². The first-order valence-corrected chi connectivity index (χ1v) is 12.2. The molecule has 2 amide bonds. The first-order valence-electron chi connectivity index (χ1n) is 11.2. The molecule has 1 aromatic carbocycles. The van der Waals surface area contributed by atoms with E-state index >= 15 is 0 Å². The van der Waals surface area contributed by atoms with Crippen LogP contribution in [-0.2, 0) is 23.4 Å². The van der Waals surface area contributed by atoms with Gasteiger partial charge in [0.1, 0.15) is 12.3 Å². The Labute approximate surface area is 201 Å². The Hall–Kier alpha value is -3.40. The van der Waals surface area contributed by atoms with Crippen LogP contribution in [-0.4, -0.2) is 39.9 Å². The number of rotatable bonds is 8. The molecule has 4 rings (SSSR count). The van der Waals surface area contributed by atoms with Crippen molar-refractivity contribution >= 4 is 23.6 Å². The van der Waals surface area contributed by atoms with Gasteiger partial charge in [-0.3, -0.25) is 14.4 Å². The fraction of sp³-hybridized carbons (Fsp3) is 0.375. The van der Waals surface area contributed by atoms with Crippen LogP contribution in [0.15, 0.2) is 44.9 Å². The van der Waals surface area contributed by atoms with E-state index in [-0.39, 0.29) is 23.1 Å². The summed E-state index contributed by atoms with van der Waals surface area (Å²) in [4.78, 5) is 48.4. The number of hydrogen-bond donors (Lipinski definition) is 3. The number of carbonyl (C=O) groups is 2. The van der Waals surface area contributed by atoms with Crippen molar-refractivity contribution in [3.05, 3.63) is 63.4 Å². The van der Waals surface area contributed by atoms with E-state index in [1.807, 2.05) is 38.1 Å². The highest BCUT2D eigenvalue weighted by molar-refractivity contribution is 7.98. The zero-order valence-electron chi connectivity index (χ0n) is 19.3. The molecule has 3 aromatic rings. The molecule has 0 unspecified atom stereocenters. The average Bonchev–Trinajstić information content (AvgIpc) is 3.51. The molecule has 0 fully saturated rings. The number of amides is 2. The Bertz CT molecular complexity index is 1250. The van der Waals surface area contributed by atoms with Crippen molar-refractivity contribution in [3.8, 4) is 11.5 Å².